The van der Waals surface area contributed by atoms with Gasteiger partial charge in [-0.25, -0.2) is 9.82 Å². The van der Waals surface area contributed by atoms with E-state index < -0.39 is 0 Å². The van der Waals surface area contributed by atoms with E-state index in [1.165, 1.54) is 17.7 Å². The summed E-state index contributed by atoms with van der Waals surface area (Å²) in [5.74, 6) is -0.418. The fourth-order valence-electron chi connectivity index (χ4n) is 3.12. The molecule has 1 aliphatic heterocycles. The van der Waals surface area contributed by atoms with Crippen LogP contribution in [-0.2, 0) is 11.3 Å². The molecular formula is C19H22FN3O. The third kappa shape index (κ3) is 3.47. The number of hydrogen-bond donors (Lipinski definition) is 2. The van der Waals surface area contributed by atoms with Crippen molar-refractivity contribution in [1.82, 2.24) is 15.8 Å². The van der Waals surface area contributed by atoms with Gasteiger partial charge >= 0.3 is 0 Å². The highest BCUT2D eigenvalue weighted by atomic mass is 19.1. The molecule has 1 amide bonds. The average molecular weight is 327 g/mol. The van der Waals surface area contributed by atoms with E-state index in [0.29, 0.717) is 13.1 Å². The second-order valence-electron chi connectivity index (χ2n) is 6.28. The van der Waals surface area contributed by atoms with E-state index in [1.807, 2.05) is 38.2 Å². The molecular weight excluding hydrogens is 305 g/mol. The van der Waals surface area contributed by atoms with Gasteiger partial charge in [0.15, 0.2) is 0 Å². The Hall–Kier alpha value is -2.24. The summed E-state index contributed by atoms with van der Waals surface area (Å²) in [6, 6.07) is 14.2. The van der Waals surface area contributed by atoms with E-state index >= 15 is 0 Å². The Balaban J connectivity index is 1.73. The SMILES string of the molecule is Cc1ccccc1CN(C)C(=O)C1CNNC1c1ccc(F)cc1. The molecule has 5 heteroatoms. The lowest BCUT2D eigenvalue weighted by Gasteiger charge is -2.25. The van der Waals surface area contributed by atoms with E-state index in [9.17, 15) is 9.18 Å². The third-order valence-corrected chi connectivity index (χ3v) is 4.57. The highest BCUT2D eigenvalue weighted by Crippen LogP contribution is 2.27. The van der Waals surface area contributed by atoms with Gasteiger partial charge in [0.2, 0.25) is 5.91 Å². The van der Waals surface area contributed by atoms with Crippen LogP contribution in [0.1, 0.15) is 22.7 Å². The highest BCUT2D eigenvalue weighted by molar-refractivity contribution is 5.80. The molecule has 1 saturated heterocycles. The Labute approximate surface area is 141 Å². The minimum Gasteiger partial charge on any atom is -0.341 e. The number of benzene rings is 2. The number of halogens is 1. The van der Waals surface area contributed by atoms with Crippen LogP contribution in [0.15, 0.2) is 48.5 Å². The molecule has 1 aliphatic rings. The first-order valence-electron chi connectivity index (χ1n) is 8.09. The molecule has 126 valence electrons. The number of hydrogen-bond acceptors (Lipinski definition) is 3. The molecule has 0 saturated carbocycles. The quantitative estimate of drug-likeness (QED) is 0.907. The number of amides is 1. The first kappa shape index (κ1) is 16.6. The largest absolute Gasteiger partial charge is 0.341 e. The molecule has 2 aromatic rings. The lowest BCUT2D eigenvalue weighted by molar-refractivity contribution is -0.134. The molecule has 1 fully saturated rings. The van der Waals surface area contributed by atoms with Crippen molar-refractivity contribution in [3.05, 3.63) is 71.0 Å². The number of carbonyl (C=O) groups excluding carboxylic acids is 1. The van der Waals surface area contributed by atoms with Gasteiger partial charge in [-0.3, -0.25) is 10.2 Å². The van der Waals surface area contributed by atoms with Crippen molar-refractivity contribution in [2.75, 3.05) is 13.6 Å². The van der Waals surface area contributed by atoms with Gasteiger partial charge in [0, 0.05) is 20.1 Å². The van der Waals surface area contributed by atoms with E-state index in [1.54, 1.807) is 17.0 Å². The Morgan fingerprint density at radius 3 is 2.62 bits per heavy atom. The van der Waals surface area contributed by atoms with Crippen LogP contribution in [0.5, 0.6) is 0 Å². The van der Waals surface area contributed by atoms with Crippen molar-refractivity contribution in [2.45, 2.75) is 19.5 Å². The van der Waals surface area contributed by atoms with E-state index in [0.717, 1.165) is 11.1 Å². The van der Waals surface area contributed by atoms with Crippen molar-refractivity contribution in [3.8, 4) is 0 Å². The Kier molecular flexibility index (Phi) is 4.92. The fraction of sp³-hybridized carbons (Fsp3) is 0.316. The van der Waals surface area contributed by atoms with Crippen molar-refractivity contribution in [3.63, 3.8) is 0 Å². The molecule has 0 radical (unpaired) electrons. The summed E-state index contributed by atoms with van der Waals surface area (Å²) in [7, 11) is 1.83. The molecule has 4 nitrogen and oxygen atoms in total. The summed E-state index contributed by atoms with van der Waals surface area (Å²) >= 11 is 0. The summed E-state index contributed by atoms with van der Waals surface area (Å²) in [5, 5.41) is 0. The van der Waals surface area contributed by atoms with Gasteiger partial charge in [0.25, 0.3) is 0 Å². The van der Waals surface area contributed by atoms with Crippen LogP contribution in [-0.4, -0.2) is 24.4 Å². The molecule has 2 N–H and O–H groups in total. The van der Waals surface area contributed by atoms with Crippen molar-refractivity contribution < 1.29 is 9.18 Å². The van der Waals surface area contributed by atoms with Crippen LogP contribution in [0, 0.1) is 18.7 Å². The predicted molar refractivity (Wildman–Crippen MR) is 91.4 cm³/mol. The average Bonchev–Trinajstić information content (AvgIpc) is 3.06. The molecule has 0 bridgehead atoms. The van der Waals surface area contributed by atoms with Crippen LogP contribution in [0.3, 0.4) is 0 Å². The Morgan fingerprint density at radius 1 is 1.21 bits per heavy atom. The number of hydrazine groups is 1. The maximum absolute atomic E-state index is 13.1. The van der Waals surface area contributed by atoms with E-state index in [4.69, 9.17) is 0 Å². The van der Waals surface area contributed by atoms with Crippen molar-refractivity contribution >= 4 is 5.91 Å². The van der Waals surface area contributed by atoms with Gasteiger partial charge in [-0.2, -0.15) is 0 Å². The third-order valence-electron chi connectivity index (χ3n) is 4.57. The molecule has 24 heavy (non-hydrogen) atoms. The highest BCUT2D eigenvalue weighted by Gasteiger charge is 2.35. The van der Waals surface area contributed by atoms with Gasteiger partial charge in [0.1, 0.15) is 5.82 Å². The molecule has 2 atom stereocenters. The monoisotopic (exact) mass is 327 g/mol. The Morgan fingerprint density at radius 2 is 1.92 bits per heavy atom. The van der Waals surface area contributed by atoms with E-state index in [2.05, 4.69) is 10.9 Å². The number of carbonyl (C=O) groups is 1. The maximum Gasteiger partial charge on any atom is 0.229 e. The zero-order chi connectivity index (χ0) is 17.1. The number of nitrogens with one attached hydrogen (secondary N) is 2. The number of rotatable bonds is 4. The summed E-state index contributed by atoms with van der Waals surface area (Å²) in [4.78, 5) is 14.6. The smallest absolute Gasteiger partial charge is 0.229 e. The first-order chi connectivity index (χ1) is 11.6. The molecule has 2 unspecified atom stereocenters. The lowest BCUT2D eigenvalue weighted by Crippen LogP contribution is -2.36. The topological polar surface area (TPSA) is 44.4 Å². The fourth-order valence-corrected chi connectivity index (χ4v) is 3.12. The second kappa shape index (κ2) is 7.11. The molecule has 3 rings (SSSR count). The van der Waals surface area contributed by atoms with Crippen molar-refractivity contribution in [1.29, 1.82) is 0 Å². The van der Waals surface area contributed by atoms with Gasteiger partial charge in [-0.15, -0.1) is 0 Å². The second-order valence-corrected chi connectivity index (χ2v) is 6.28. The standard InChI is InChI=1S/C19H22FN3O/c1-13-5-3-4-6-15(13)12-23(2)19(24)17-11-21-22-18(17)14-7-9-16(20)10-8-14/h3-10,17-18,21-22H,11-12H2,1-2H3. The van der Waals surface area contributed by atoms with Gasteiger partial charge in [0.05, 0.1) is 12.0 Å². The van der Waals surface area contributed by atoms with Gasteiger partial charge in [-0.1, -0.05) is 36.4 Å². The van der Waals surface area contributed by atoms with Crippen molar-refractivity contribution in [2.24, 2.45) is 5.92 Å². The van der Waals surface area contributed by atoms with Crippen LogP contribution in [0.2, 0.25) is 0 Å². The maximum atomic E-state index is 13.1. The van der Waals surface area contributed by atoms with Crippen LogP contribution in [0.4, 0.5) is 4.39 Å². The zero-order valence-corrected chi connectivity index (χ0v) is 13.9. The van der Waals surface area contributed by atoms with Crippen LogP contribution < -0.4 is 10.9 Å². The molecule has 2 aromatic carbocycles. The van der Waals surface area contributed by atoms with Gasteiger partial charge < -0.3 is 4.90 Å². The molecule has 0 aromatic heterocycles. The first-order valence-corrected chi connectivity index (χ1v) is 8.09. The minimum atomic E-state index is -0.274. The minimum absolute atomic E-state index is 0.0741. The molecule has 0 spiro atoms. The van der Waals surface area contributed by atoms with Gasteiger partial charge in [-0.05, 0) is 35.7 Å². The zero-order valence-electron chi connectivity index (χ0n) is 13.9. The van der Waals surface area contributed by atoms with Crippen LogP contribution in [0.25, 0.3) is 0 Å². The van der Waals surface area contributed by atoms with Crippen LogP contribution >= 0.6 is 0 Å². The summed E-state index contributed by atoms with van der Waals surface area (Å²) < 4.78 is 13.1. The Bertz CT molecular complexity index is 717. The number of nitrogens with zero attached hydrogens (tertiary/aromatic N) is 1. The lowest BCUT2D eigenvalue weighted by atomic mass is 9.93. The van der Waals surface area contributed by atoms with E-state index in [-0.39, 0.29) is 23.7 Å². The predicted octanol–water partition coefficient (Wildman–Crippen LogP) is 2.56. The summed E-state index contributed by atoms with van der Waals surface area (Å²) in [6.45, 7) is 3.19. The number of aryl methyl sites for hydroxylation is 1. The molecule has 0 aliphatic carbocycles. The summed E-state index contributed by atoms with van der Waals surface area (Å²) in [6.07, 6.45) is 0. The summed E-state index contributed by atoms with van der Waals surface area (Å²) in [5.41, 5.74) is 9.42. The normalized spacial score (nSPS) is 20.1. The molecule has 1 heterocycles.